The van der Waals surface area contributed by atoms with Crippen molar-refractivity contribution in [3.63, 3.8) is 0 Å². The second-order valence-corrected chi connectivity index (χ2v) is 6.92. The van der Waals surface area contributed by atoms with Gasteiger partial charge in [0.15, 0.2) is 5.96 Å². The predicted octanol–water partition coefficient (Wildman–Crippen LogP) is 3.36. The van der Waals surface area contributed by atoms with Gasteiger partial charge in [-0.15, -0.1) is 24.0 Å². The zero-order chi connectivity index (χ0) is 22.3. The van der Waals surface area contributed by atoms with Crippen molar-refractivity contribution < 1.29 is 27.4 Å². The zero-order valence-electron chi connectivity index (χ0n) is 18.6. The van der Waals surface area contributed by atoms with Gasteiger partial charge in [0.2, 0.25) is 0 Å². The number of ether oxygens (including phenoxy) is 3. The third-order valence-electron chi connectivity index (χ3n) is 5.17. The molecule has 1 aromatic carbocycles. The van der Waals surface area contributed by atoms with E-state index in [2.05, 4.69) is 10.3 Å². The minimum atomic E-state index is -4.22. The largest absolute Gasteiger partial charge is 0.496 e. The van der Waals surface area contributed by atoms with E-state index in [1.54, 1.807) is 33.5 Å². The molecule has 1 aliphatic rings. The van der Waals surface area contributed by atoms with E-state index in [1.165, 1.54) is 11.8 Å². The first-order valence-corrected chi connectivity index (χ1v) is 9.88. The summed E-state index contributed by atoms with van der Waals surface area (Å²) in [5, 5.41) is 3.22. The number of rotatable bonds is 7. The lowest BCUT2D eigenvalue weighted by Crippen LogP contribution is -2.56. The fourth-order valence-corrected chi connectivity index (χ4v) is 3.34. The van der Waals surface area contributed by atoms with E-state index >= 15 is 0 Å². The average Bonchev–Trinajstić information content (AvgIpc) is 2.75. The maximum absolute atomic E-state index is 13.0. The molecular formula is C20H32F3IN4O3. The van der Waals surface area contributed by atoms with Crippen molar-refractivity contribution in [3.8, 4) is 17.2 Å². The molecule has 7 nitrogen and oxygen atoms in total. The fraction of sp³-hybridized carbons (Fsp3) is 0.650. The third-order valence-corrected chi connectivity index (χ3v) is 5.17. The Labute approximate surface area is 198 Å². The summed E-state index contributed by atoms with van der Waals surface area (Å²) in [6.07, 6.45) is -4.22. The summed E-state index contributed by atoms with van der Waals surface area (Å²) >= 11 is 0. The van der Waals surface area contributed by atoms with Crippen molar-refractivity contribution in [1.29, 1.82) is 0 Å². The van der Waals surface area contributed by atoms with Crippen LogP contribution in [0.25, 0.3) is 0 Å². The van der Waals surface area contributed by atoms with Gasteiger partial charge in [0.05, 0.1) is 33.4 Å². The standard InChI is InChI=1S/C20H31F3N4O3.HI/c1-6-24-19(27-9-7-26(8-10-27)14(2)20(21,22)23)25-13-16-17(29-4)11-15(28-3)12-18(16)30-5;/h11-12,14H,6-10,13H2,1-5H3,(H,24,25);1H. The highest BCUT2D eigenvalue weighted by Gasteiger charge is 2.41. The first-order valence-electron chi connectivity index (χ1n) is 9.88. The summed E-state index contributed by atoms with van der Waals surface area (Å²) in [5.74, 6) is 2.44. The molecule has 0 saturated carbocycles. The molecule has 1 atom stereocenters. The molecule has 1 N–H and O–H groups in total. The monoisotopic (exact) mass is 560 g/mol. The molecular weight excluding hydrogens is 528 g/mol. The lowest BCUT2D eigenvalue weighted by Gasteiger charge is -2.39. The van der Waals surface area contributed by atoms with Crippen LogP contribution in [0.15, 0.2) is 17.1 Å². The molecule has 1 heterocycles. The lowest BCUT2D eigenvalue weighted by molar-refractivity contribution is -0.181. The molecule has 1 saturated heterocycles. The molecule has 0 aromatic heterocycles. The Balaban J connectivity index is 0.00000480. The predicted molar refractivity (Wildman–Crippen MR) is 125 cm³/mol. The topological polar surface area (TPSA) is 58.6 Å². The SMILES string of the molecule is CCNC(=NCc1c(OC)cc(OC)cc1OC)N1CCN(C(C)C(F)(F)F)CC1.I. The number of guanidine groups is 1. The summed E-state index contributed by atoms with van der Waals surface area (Å²) in [5.41, 5.74) is 0.764. The minimum Gasteiger partial charge on any atom is -0.496 e. The molecule has 1 unspecified atom stereocenters. The molecule has 2 rings (SSSR count). The molecule has 178 valence electrons. The Morgan fingerprint density at radius 2 is 1.61 bits per heavy atom. The zero-order valence-corrected chi connectivity index (χ0v) is 20.9. The van der Waals surface area contributed by atoms with Gasteiger partial charge in [0, 0.05) is 44.9 Å². The maximum Gasteiger partial charge on any atom is 0.403 e. The number of halogens is 4. The maximum atomic E-state index is 13.0. The number of nitrogens with one attached hydrogen (secondary N) is 1. The van der Waals surface area contributed by atoms with Crippen molar-refractivity contribution >= 4 is 29.9 Å². The van der Waals surface area contributed by atoms with Crippen LogP contribution >= 0.6 is 24.0 Å². The van der Waals surface area contributed by atoms with Crippen molar-refractivity contribution in [2.75, 3.05) is 54.1 Å². The van der Waals surface area contributed by atoms with Crippen molar-refractivity contribution in [2.24, 2.45) is 4.99 Å². The van der Waals surface area contributed by atoms with Gasteiger partial charge in [0.25, 0.3) is 0 Å². The lowest BCUT2D eigenvalue weighted by atomic mass is 10.1. The van der Waals surface area contributed by atoms with E-state index in [0.29, 0.717) is 55.9 Å². The minimum absolute atomic E-state index is 0. The van der Waals surface area contributed by atoms with Crippen LogP contribution in [0.4, 0.5) is 13.2 Å². The first kappa shape index (κ1) is 27.4. The van der Waals surface area contributed by atoms with Crippen LogP contribution in [0.3, 0.4) is 0 Å². The molecule has 11 heteroatoms. The van der Waals surface area contributed by atoms with Gasteiger partial charge >= 0.3 is 6.18 Å². The number of hydrogen-bond acceptors (Lipinski definition) is 5. The van der Waals surface area contributed by atoms with Crippen LogP contribution < -0.4 is 19.5 Å². The Morgan fingerprint density at radius 3 is 2.03 bits per heavy atom. The quantitative estimate of drug-likeness (QED) is 0.314. The summed E-state index contributed by atoms with van der Waals surface area (Å²) in [6, 6.07) is 2.07. The van der Waals surface area contributed by atoms with Crippen LogP contribution in [0, 0.1) is 0 Å². The average molecular weight is 560 g/mol. The van der Waals surface area contributed by atoms with Gasteiger partial charge in [-0.05, 0) is 13.8 Å². The van der Waals surface area contributed by atoms with Crippen molar-refractivity contribution in [3.05, 3.63) is 17.7 Å². The number of alkyl halides is 3. The summed E-state index contributed by atoms with van der Waals surface area (Å²) < 4.78 is 55.2. The number of benzene rings is 1. The van der Waals surface area contributed by atoms with Crippen LogP contribution in [0.2, 0.25) is 0 Å². The van der Waals surface area contributed by atoms with Crippen LogP contribution in [-0.2, 0) is 6.54 Å². The third kappa shape index (κ3) is 7.19. The highest BCUT2D eigenvalue weighted by atomic mass is 127. The summed E-state index contributed by atoms with van der Waals surface area (Å²) in [6.45, 7) is 5.66. The van der Waals surface area contributed by atoms with E-state index < -0.39 is 12.2 Å². The van der Waals surface area contributed by atoms with Crippen LogP contribution in [0.1, 0.15) is 19.4 Å². The van der Waals surface area contributed by atoms with E-state index in [0.717, 1.165) is 5.56 Å². The molecule has 0 aliphatic carbocycles. The fourth-order valence-electron chi connectivity index (χ4n) is 3.34. The van der Waals surface area contributed by atoms with Gasteiger partial charge in [-0.1, -0.05) is 0 Å². The highest BCUT2D eigenvalue weighted by Crippen LogP contribution is 2.34. The first-order chi connectivity index (χ1) is 14.2. The molecule has 0 amide bonds. The van der Waals surface area contributed by atoms with E-state index in [-0.39, 0.29) is 30.5 Å². The second kappa shape index (κ2) is 12.4. The van der Waals surface area contributed by atoms with E-state index in [9.17, 15) is 13.2 Å². The molecule has 31 heavy (non-hydrogen) atoms. The summed E-state index contributed by atoms with van der Waals surface area (Å²) in [7, 11) is 4.69. The number of nitrogens with zero attached hydrogens (tertiary/aromatic N) is 3. The number of aliphatic imine (C=N–C) groups is 1. The van der Waals surface area contributed by atoms with E-state index in [1.807, 2.05) is 11.8 Å². The Bertz CT molecular complexity index is 701. The molecule has 0 bridgehead atoms. The smallest absolute Gasteiger partial charge is 0.403 e. The second-order valence-electron chi connectivity index (χ2n) is 6.92. The molecule has 0 radical (unpaired) electrons. The van der Waals surface area contributed by atoms with Gasteiger partial charge in [-0.25, -0.2) is 4.99 Å². The number of methoxy groups -OCH3 is 3. The van der Waals surface area contributed by atoms with Crippen LogP contribution in [-0.4, -0.2) is 82.0 Å². The van der Waals surface area contributed by atoms with E-state index in [4.69, 9.17) is 14.2 Å². The van der Waals surface area contributed by atoms with Crippen LogP contribution in [0.5, 0.6) is 17.2 Å². The van der Waals surface area contributed by atoms with Gasteiger partial charge in [-0.2, -0.15) is 13.2 Å². The Kier molecular flexibility index (Phi) is 11.0. The van der Waals surface area contributed by atoms with Gasteiger partial charge in [0.1, 0.15) is 23.3 Å². The van der Waals surface area contributed by atoms with Crippen molar-refractivity contribution in [1.82, 2.24) is 15.1 Å². The molecule has 0 spiro atoms. The number of hydrogen-bond donors (Lipinski definition) is 1. The van der Waals surface area contributed by atoms with Crippen molar-refractivity contribution in [2.45, 2.75) is 32.6 Å². The van der Waals surface area contributed by atoms with Gasteiger partial charge in [-0.3, -0.25) is 4.90 Å². The highest BCUT2D eigenvalue weighted by molar-refractivity contribution is 14.0. The summed E-state index contributed by atoms with van der Waals surface area (Å²) in [4.78, 5) is 8.12. The number of piperazine rings is 1. The Morgan fingerprint density at radius 1 is 1.06 bits per heavy atom. The molecule has 1 aromatic rings. The molecule has 1 aliphatic heterocycles. The Hall–Kier alpha value is -1.63. The van der Waals surface area contributed by atoms with Gasteiger partial charge < -0.3 is 24.4 Å². The molecule has 1 fully saturated rings. The normalized spacial score (nSPS) is 16.4.